The molecular weight excluding hydrogens is 228 g/mol. The average molecular weight is 242 g/mol. The molecule has 2 unspecified atom stereocenters. The minimum absolute atomic E-state index is 0.0712. The molecule has 0 radical (unpaired) electrons. The van der Waals surface area contributed by atoms with Gasteiger partial charge in [0.1, 0.15) is 11.5 Å². The lowest BCUT2D eigenvalue weighted by atomic mass is 9.95. The Hall–Kier alpha value is -0.480. The van der Waals surface area contributed by atoms with Gasteiger partial charge in [-0.1, -0.05) is 12.5 Å². The summed E-state index contributed by atoms with van der Waals surface area (Å²) >= 11 is 9.16. The molecule has 15 heavy (non-hydrogen) atoms. The highest BCUT2D eigenvalue weighted by Crippen LogP contribution is 2.50. The number of hydrogen-bond acceptors (Lipinski definition) is 4. The molecule has 0 saturated heterocycles. The second kappa shape index (κ2) is 3.83. The van der Waals surface area contributed by atoms with Gasteiger partial charge in [0.15, 0.2) is 0 Å². The third-order valence-electron chi connectivity index (χ3n) is 3.03. The van der Waals surface area contributed by atoms with Gasteiger partial charge >= 0.3 is 0 Å². The summed E-state index contributed by atoms with van der Waals surface area (Å²) in [6.45, 7) is 0. The Morgan fingerprint density at radius 1 is 1.33 bits per heavy atom. The van der Waals surface area contributed by atoms with Gasteiger partial charge in [0.25, 0.3) is 0 Å². The van der Waals surface area contributed by atoms with Crippen LogP contribution in [0.1, 0.15) is 24.8 Å². The smallest absolute Gasteiger partial charge is 0.123 e. The van der Waals surface area contributed by atoms with Crippen LogP contribution in [0.3, 0.4) is 0 Å². The van der Waals surface area contributed by atoms with Gasteiger partial charge in [0.2, 0.25) is 0 Å². The number of benzene rings is 1. The molecule has 1 fully saturated rings. The van der Waals surface area contributed by atoms with Crippen LogP contribution in [0.5, 0.6) is 11.5 Å². The summed E-state index contributed by atoms with van der Waals surface area (Å²) in [6, 6.07) is 4.66. The van der Waals surface area contributed by atoms with E-state index >= 15 is 0 Å². The summed E-state index contributed by atoms with van der Waals surface area (Å²) in [5.41, 5.74) is 0.765. The molecule has 0 aliphatic heterocycles. The molecule has 0 aromatic heterocycles. The first kappa shape index (κ1) is 11.0. The van der Waals surface area contributed by atoms with Crippen LogP contribution in [-0.2, 0) is 4.75 Å². The van der Waals surface area contributed by atoms with E-state index in [2.05, 4.69) is 25.3 Å². The summed E-state index contributed by atoms with van der Waals surface area (Å²) < 4.78 is -0.374. The van der Waals surface area contributed by atoms with Crippen molar-refractivity contribution < 1.29 is 10.2 Å². The third-order valence-corrected chi connectivity index (χ3v) is 4.71. The van der Waals surface area contributed by atoms with Crippen molar-refractivity contribution in [2.45, 2.75) is 29.3 Å². The second-order valence-electron chi connectivity index (χ2n) is 4.03. The van der Waals surface area contributed by atoms with E-state index in [4.69, 9.17) is 0 Å². The van der Waals surface area contributed by atoms with Gasteiger partial charge < -0.3 is 10.2 Å². The number of hydrogen-bond donors (Lipinski definition) is 4. The molecule has 1 aliphatic carbocycles. The lowest BCUT2D eigenvalue weighted by molar-refractivity contribution is 0.439. The fraction of sp³-hybridized carbons (Fsp3) is 0.455. The third kappa shape index (κ3) is 1.81. The summed E-state index contributed by atoms with van der Waals surface area (Å²) in [6.07, 6.45) is 2.98. The Bertz CT molecular complexity index is 381. The highest BCUT2D eigenvalue weighted by atomic mass is 32.1. The van der Waals surface area contributed by atoms with Crippen LogP contribution in [0.4, 0.5) is 0 Å². The molecule has 0 amide bonds. The molecule has 1 aromatic rings. The van der Waals surface area contributed by atoms with Crippen molar-refractivity contribution in [3.8, 4) is 11.5 Å². The van der Waals surface area contributed by atoms with E-state index in [0.717, 1.165) is 24.8 Å². The number of aromatic hydroxyl groups is 2. The maximum atomic E-state index is 9.79. The van der Waals surface area contributed by atoms with Crippen LogP contribution in [0.2, 0.25) is 0 Å². The maximum absolute atomic E-state index is 9.79. The normalized spacial score (nSPS) is 30.7. The van der Waals surface area contributed by atoms with Crippen molar-refractivity contribution in [1.29, 1.82) is 0 Å². The van der Waals surface area contributed by atoms with E-state index in [1.165, 1.54) is 6.07 Å². The predicted molar refractivity (Wildman–Crippen MR) is 67.1 cm³/mol. The summed E-state index contributed by atoms with van der Waals surface area (Å²) in [4.78, 5) is 0. The van der Waals surface area contributed by atoms with Gasteiger partial charge in [-0.2, -0.15) is 25.3 Å². The van der Waals surface area contributed by atoms with Crippen molar-refractivity contribution >= 4 is 25.3 Å². The SMILES string of the molecule is Oc1ccc(C2(S)CCCC2S)c(O)c1. The summed E-state index contributed by atoms with van der Waals surface area (Å²) in [5, 5.41) is 19.2. The second-order valence-corrected chi connectivity index (χ2v) is 5.46. The molecule has 0 bridgehead atoms. The lowest BCUT2D eigenvalue weighted by Gasteiger charge is -2.28. The van der Waals surface area contributed by atoms with Gasteiger partial charge in [-0.25, -0.2) is 0 Å². The van der Waals surface area contributed by atoms with Crippen LogP contribution < -0.4 is 0 Å². The molecule has 2 nitrogen and oxygen atoms in total. The first-order valence-electron chi connectivity index (χ1n) is 4.97. The van der Waals surface area contributed by atoms with Crippen LogP contribution >= 0.6 is 25.3 Å². The van der Waals surface area contributed by atoms with Gasteiger partial charge in [0.05, 0.1) is 4.75 Å². The molecule has 2 N–H and O–H groups in total. The Kier molecular flexibility index (Phi) is 2.81. The predicted octanol–water partition coefficient (Wildman–Crippen LogP) is 2.71. The molecule has 1 aliphatic rings. The molecule has 1 aromatic carbocycles. The van der Waals surface area contributed by atoms with Crippen molar-refractivity contribution in [1.82, 2.24) is 0 Å². The Morgan fingerprint density at radius 3 is 2.60 bits per heavy atom. The number of phenolic OH excluding ortho intramolecular Hbond substituents is 2. The van der Waals surface area contributed by atoms with Gasteiger partial charge in [0, 0.05) is 16.9 Å². The van der Waals surface area contributed by atoms with Gasteiger partial charge in [-0.3, -0.25) is 0 Å². The zero-order valence-corrected chi connectivity index (χ0v) is 10.0. The van der Waals surface area contributed by atoms with E-state index in [1.54, 1.807) is 12.1 Å². The molecule has 4 heteroatoms. The average Bonchev–Trinajstić information content (AvgIpc) is 2.47. The molecule has 1 saturated carbocycles. The highest BCUT2D eigenvalue weighted by Gasteiger charge is 2.40. The maximum Gasteiger partial charge on any atom is 0.123 e. The van der Waals surface area contributed by atoms with Crippen LogP contribution in [0.15, 0.2) is 18.2 Å². The highest BCUT2D eigenvalue weighted by molar-refractivity contribution is 7.85. The topological polar surface area (TPSA) is 40.5 Å². The molecule has 0 spiro atoms. The first-order valence-corrected chi connectivity index (χ1v) is 5.93. The minimum atomic E-state index is -0.374. The quantitative estimate of drug-likeness (QED) is 0.572. The lowest BCUT2D eigenvalue weighted by Crippen LogP contribution is -2.24. The number of thiol groups is 2. The zero-order valence-electron chi connectivity index (χ0n) is 8.22. The Balaban J connectivity index is 2.44. The Morgan fingerprint density at radius 2 is 2.07 bits per heavy atom. The van der Waals surface area contributed by atoms with E-state index in [9.17, 15) is 10.2 Å². The fourth-order valence-corrected chi connectivity index (χ4v) is 3.10. The standard InChI is InChI=1S/C11H14O2S2/c12-7-3-4-8(9(13)6-7)11(15)5-1-2-10(11)14/h3-4,6,10,12-15H,1-2,5H2. The van der Waals surface area contributed by atoms with Crippen molar-refractivity contribution in [2.24, 2.45) is 0 Å². The van der Waals surface area contributed by atoms with E-state index in [-0.39, 0.29) is 21.5 Å². The zero-order chi connectivity index (χ0) is 11.1. The molecular formula is C11H14O2S2. The molecule has 2 atom stereocenters. The fourth-order valence-electron chi connectivity index (χ4n) is 2.17. The number of phenols is 2. The van der Waals surface area contributed by atoms with E-state index in [0.29, 0.717) is 0 Å². The summed E-state index contributed by atoms with van der Waals surface area (Å²) in [7, 11) is 0. The van der Waals surface area contributed by atoms with Crippen molar-refractivity contribution in [3.05, 3.63) is 23.8 Å². The minimum Gasteiger partial charge on any atom is -0.508 e. The van der Waals surface area contributed by atoms with Crippen molar-refractivity contribution in [3.63, 3.8) is 0 Å². The molecule has 0 heterocycles. The van der Waals surface area contributed by atoms with E-state index < -0.39 is 0 Å². The van der Waals surface area contributed by atoms with Gasteiger partial charge in [-0.15, -0.1) is 0 Å². The van der Waals surface area contributed by atoms with Crippen LogP contribution in [0.25, 0.3) is 0 Å². The molecule has 2 rings (SSSR count). The van der Waals surface area contributed by atoms with Crippen molar-refractivity contribution in [2.75, 3.05) is 0 Å². The molecule has 82 valence electrons. The van der Waals surface area contributed by atoms with Gasteiger partial charge in [-0.05, 0) is 18.9 Å². The monoisotopic (exact) mass is 242 g/mol. The summed E-state index contributed by atoms with van der Waals surface area (Å²) in [5.74, 6) is 0.174. The number of rotatable bonds is 1. The Labute approximate surface area is 100 Å². The first-order chi connectivity index (χ1) is 7.04. The largest absolute Gasteiger partial charge is 0.508 e. The van der Waals surface area contributed by atoms with Crippen LogP contribution in [0, 0.1) is 0 Å². The van der Waals surface area contributed by atoms with E-state index in [1.807, 2.05) is 0 Å². The van der Waals surface area contributed by atoms with Crippen LogP contribution in [-0.4, -0.2) is 15.5 Å².